The number of hydrogen-bond acceptors (Lipinski definition) is 0. The zero-order valence-electron chi connectivity index (χ0n) is 6.00. The Morgan fingerprint density at radius 1 is 1.55 bits per heavy atom. The summed E-state index contributed by atoms with van der Waals surface area (Å²) in [4.78, 5) is 0. The van der Waals surface area contributed by atoms with Crippen LogP contribution in [0.1, 0.15) is 12.5 Å². The van der Waals surface area contributed by atoms with Crippen LogP contribution in [0.3, 0.4) is 0 Å². The summed E-state index contributed by atoms with van der Waals surface area (Å²) in [5.41, 5.74) is 1.07. The van der Waals surface area contributed by atoms with E-state index in [0.29, 0.717) is 3.57 Å². The highest BCUT2D eigenvalue weighted by atomic mass is 127. The predicted molar refractivity (Wildman–Crippen MR) is 53.5 cm³/mol. The first-order valence-corrected chi connectivity index (χ1v) is 4.74. The Kier molecular flexibility index (Phi) is 3.13. The molecule has 3 heteroatoms. The average molecular weight is 284 g/mol. The van der Waals surface area contributed by atoms with E-state index < -0.39 is 0 Å². The summed E-state index contributed by atoms with van der Waals surface area (Å²) in [6.45, 7) is 2.01. The van der Waals surface area contributed by atoms with Crippen LogP contribution in [-0.2, 0) is 6.42 Å². The van der Waals surface area contributed by atoms with Gasteiger partial charge >= 0.3 is 0 Å². The van der Waals surface area contributed by atoms with Crippen molar-refractivity contribution < 1.29 is 4.39 Å². The molecule has 0 unspecified atom stereocenters. The summed E-state index contributed by atoms with van der Waals surface area (Å²) in [6, 6.07) is 3.47. The SMILES string of the molecule is CCc1cc(Cl)c(F)c(I)c1. The molecule has 11 heavy (non-hydrogen) atoms. The second-order valence-corrected chi connectivity index (χ2v) is 3.80. The largest absolute Gasteiger partial charge is 0.204 e. The Hall–Kier alpha value is 0.170. The van der Waals surface area contributed by atoms with Crippen molar-refractivity contribution in [3.05, 3.63) is 32.1 Å². The molecule has 0 heterocycles. The topological polar surface area (TPSA) is 0 Å². The van der Waals surface area contributed by atoms with E-state index in [-0.39, 0.29) is 10.8 Å². The molecule has 1 rings (SSSR count). The van der Waals surface area contributed by atoms with Crippen molar-refractivity contribution in [2.24, 2.45) is 0 Å². The van der Waals surface area contributed by atoms with Gasteiger partial charge in [0, 0.05) is 0 Å². The third kappa shape index (κ3) is 2.06. The molecule has 0 atom stereocenters. The highest BCUT2D eigenvalue weighted by Gasteiger charge is 2.05. The molecule has 0 saturated heterocycles. The maximum absolute atomic E-state index is 12.9. The van der Waals surface area contributed by atoms with Crippen molar-refractivity contribution in [1.82, 2.24) is 0 Å². The van der Waals surface area contributed by atoms with Crippen molar-refractivity contribution in [3.63, 3.8) is 0 Å². The molecule has 0 N–H and O–H groups in total. The fourth-order valence-corrected chi connectivity index (χ4v) is 1.90. The highest BCUT2D eigenvalue weighted by molar-refractivity contribution is 14.1. The van der Waals surface area contributed by atoms with E-state index in [1.165, 1.54) is 0 Å². The van der Waals surface area contributed by atoms with Crippen LogP contribution in [0, 0.1) is 9.39 Å². The van der Waals surface area contributed by atoms with Gasteiger partial charge in [-0.15, -0.1) is 0 Å². The summed E-state index contributed by atoms with van der Waals surface area (Å²) < 4.78 is 13.5. The molecule has 0 fully saturated rings. The standard InChI is InChI=1S/C8H7ClFI/c1-2-5-3-6(9)8(10)7(11)4-5/h3-4H,2H2,1H3. The molecule has 1 aromatic carbocycles. The van der Waals surface area contributed by atoms with Crippen LogP contribution >= 0.6 is 34.2 Å². The van der Waals surface area contributed by atoms with Crippen LogP contribution < -0.4 is 0 Å². The highest BCUT2D eigenvalue weighted by Crippen LogP contribution is 2.22. The van der Waals surface area contributed by atoms with Crippen molar-refractivity contribution in [1.29, 1.82) is 0 Å². The van der Waals surface area contributed by atoms with Crippen LogP contribution in [0.2, 0.25) is 5.02 Å². The van der Waals surface area contributed by atoms with Gasteiger partial charge in [0.25, 0.3) is 0 Å². The molecular formula is C8H7ClFI. The number of benzene rings is 1. The molecule has 0 aliphatic heterocycles. The molecule has 60 valence electrons. The van der Waals surface area contributed by atoms with Crippen molar-refractivity contribution in [2.45, 2.75) is 13.3 Å². The van der Waals surface area contributed by atoms with Crippen molar-refractivity contribution in [3.8, 4) is 0 Å². The maximum Gasteiger partial charge on any atom is 0.155 e. The molecule has 0 radical (unpaired) electrons. The van der Waals surface area contributed by atoms with Gasteiger partial charge in [-0.05, 0) is 46.7 Å². The minimum absolute atomic E-state index is 0.216. The quantitative estimate of drug-likeness (QED) is 0.545. The molecule has 0 nitrogen and oxygen atoms in total. The Labute approximate surface area is 83.9 Å². The molecule has 0 aliphatic rings. The fourth-order valence-electron chi connectivity index (χ4n) is 0.812. The first-order valence-electron chi connectivity index (χ1n) is 3.28. The molecule has 0 aliphatic carbocycles. The summed E-state index contributed by atoms with van der Waals surface area (Å²) in [5, 5.41) is 0.216. The zero-order valence-corrected chi connectivity index (χ0v) is 8.91. The summed E-state index contributed by atoms with van der Waals surface area (Å²) in [6.07, 6.45) is 0.885. The second kappa shape index (κ2) is 3.72. The molecule has 0 aromatic heterocycles. The minimum atomic E-state index is -0.315. The smallest absolute Gasteiger partial charge is 0.155 e. The van der Waals surface area contributed by atoms with Gasteiger partial charge in [-0.2, -0.15) is 0 Å². The summed E-state index contributed by atoms with van der Waals surface area (Å²) in [7, 11) is 0. The Bertz CT molecular complexity index is 250. The van der Waals surface area contributed by atoms with E-state index >= 15 is 0 Å². The average Bonchev–Trinajstić information content (AvgIpc) is 1.99. The molecule has 1 aromatic rings. The third-order valence-electron chi connectivity index (χ3n) is 1.45. The summed E-state index contributed by atoms with van der Waals surface area (Å²) in [5.74, 6) is -0.315. The van der Waals surface area contributed by atoms with Crippen molar-refractivity contribution >= 4 is 34.2 Å². The van der Waals surface area contributed by atoms with Gasteiger partial charge in [-0.1, -0.05) is 18.5 Å². The predicted octanol–water partition coefficient (Wildman–Crippen LogP) is 3.65. The maximum atomic E-state index is 12.9. The van der Waals surface area contributed by atoms with E-state index in [1.54, 1.807) is 6.07 Å². The van der Waals surface area contributed by atoms with E-state index in [1.807, 2.05) is 35.6 Å². The number of aryl methyl sites for hydroxylation is 1. The molecule has 0 spiro atoms. The van der Waals surface area contributed by atoms with Crippen LogP contribution in [0.5, 0.6) is 0 Å². The van der Waals surface area contributed by atoms with Gasteiger partial charge in [-0.25, -0.2) is 4.39 Å². The number of hydrogen-bond donors (Lipinski definition) is 0. The lowest BCUT2D eigenvalue weighted by molar-refractivity contribution is 0.620. The van der Waals surface area contributed by atoms with Crippen LogP contribution in [0.25, 0.3) is 0 Å². The monoisotopic (exact) mass is 284 g/mol. The summed E-state index contributed by atoms with van der Waals surface area (Å²) >= 11 is 7.56. The zero-order chi connectivity index (χ0) is 8.43. The minimum Gasteiger partial charge on any atom is -0.204 e. The fraction of sp³-hybridized carbons (Fsp3) is 0.250. The van der Waals surface area contributed by atoms with Gasteiger partial charge in [0.05, 0.1) is 8.59 Å². The van der Waals surface area contributed by atoms with Gasteiger partial charge in [0.1, 0.15) is 0 Å². The van der Waals surface area contributed by atoms with E-state index in [9.17, 15) is 4.39 Å². The Morgan fingerprint density at radius 2 is 2.18 bits per heavy atom. The van der Waals surface area contributed by atoms with E-state index in [2.05, 4.69) is 0 Å². The lowest BCUT2D eigenvalue weighted by atomic mass is 10.2. The number of halogens is 3. The Morgan fingerprint density at radius 3 is 2.64 bits per heavy atom. The lowest BCUT2D eigenvalue weighted by Crippen LogP contribution is -1.87. The first-order chi connectivity index (χ1) is 5.15. The Balaban J connectivity index is 3.21. The third-order valence-corrected chi connectivity index (χ3v) is 2.51. The van der Waals surface area contributed by atoms with Gasteiger partial charge in [-0.3, -0.25) is 0 Å². The van der Waals surface area contributed by atoms with Crippen LogP contribution in [-0.4, -0.2) is 0 Å². The molecular weight excluding hydrogens is 277 g/mol. The van der Waals surface area contributed by atoms with Gasteiger partial charge in [0.15, 0.2) is 5.82 Å². The normalized spacial score (nSPS) is 10.2. The lowest BCUT2D eigenvalue weighted by Gasteiger charge is -2.00. The molecule has 0 bridgehead atoms. The van der Waals surface area contributed by atoms with Gasteiger partial charge in [0.2, 0.25) is 0 Å². The number of rotatable bonds is 1. The first kappa shape index (κ1) is 9.26. The molecule has 0 amide bonds. The second-order valence-electron chi connectivity index (χ2n) is 2.23. The van der Waals surface area contributed by atoms with Crippen molar-refractivity contribution in [2.75, 3.05) is 0 Å². The molecule has 0 saturated carbocycles. The van der Waals surface area contributed by atoms with Gasteiger partial charge < -0.3 is 0 Å². The van der Waals surface area contributed by atoms with Crippen LogP contribution in [0.4, 0.5) is 4.39 Å². The van der Waals surface area contributed by atoms with E-state index in [0.717, 1.165) is 12.0 Å². The van der Waals surface area contributed by atoms with Crippen LogP contribution in [0.15, 0.2) is 12.1 Å². The van der Waals surface area contributed by atoms with E-state index in [4.69, 9.17) is 11.6 Å².